The molecule has 0 amide bonds. The molecule has 12 heteroatoms. The molecule has 41 heavy (non-hydrogen) atoms. The number of hydrogen-bond acceptors (Lipinski definition) is 8. The first-order valence-corrected chi connectivity index (χ1v) is 13.2. The fraction of sp³-hybridized carbons (Fsp3) is 0.310. The number of nitrogens with one attached hydrogen (secondary N) is 2. The summed E-state index contributed by atoms with van der Waals surface area (Å²) >= 11 is 0. The number of halogens is 1. The van der Waals surface area contributed by atoms with Crippen LogP contribution in [0.15, 0.2) is 41.6 Å². The van der Waals surface area contributed by atoms with E-state index in [1.165, 1.54) is 22.9 Å². The van der Waals surface area contributed by atoms with Gasteiger partial charge in [-0.1, -0.05) is 0 Å². The van der Waals surface area contributed by atoms with Crippen molar-refractivity contribution in [1.82, 2.24) is 24.4 Å². The molecule has 0 radical (unpaired) electrons. The molecule has 1 unspecified atom stereocenters. The molecule has 0 saturated carbocycles. The van der Waals surface area contributed by atoms with Gasteiger partial charge in [0, 0.05) is 68.8 Å². The van der Waals surface area contributed by atoms with Gasteiger partial charge in [-0.15, -0.1) is 0 Å². The van der Waals surface area contributed by atoms with Gasteiger partial charge < -0.3 is 34.5 Å². The zero-order valence-electron chi connectivity index (χ0n) is 23.2. The largest absolute Gasteiger partial charge is 0.477 e. The smallest absolute Gasteiger partial charge is 0.341 e. The molecule has 6 rings (SSSR count). The van der Waals surface area contributed by atoms with Crippen LogP contribution in [0.3, 0.4) is 0 Å². The zero-order valence-corrected chi connectivity index (χ0v) is 23.2. The number of fused-ring (bicyclic) bond motifs is 4. The van der Waals surface area contributed by atoms with Crippen molar-refractivity contribution >= 4 is 50.3 Å². The summed E-state index contributed by atoms with van der Waals surface area (Å²) in [5.41, 5.74) is 3.44. The van der Waals surface area contributed by atoms with Gasteiger partial charge in [0.15, 0.2) is 0 Å². The summed E-state index contributed by atoms with van der Waals surface area (Å²) in [6, 6.07) is 4.59. The van der Waals surface area contributed by atoms with E-state index in [1.54, 1.807) is 32.6 Å². The molecule has 0 spiro atoms. The minimum absolute atomic E-state index is 0.0650. The number of aromatic carboxylic acids is 1. The number of H-pyrrole nitrogens is 1. The van der Waals surface area contributed by atoms with E-state index < -0.39 is 11.4 Å². The maximum absolute atomic E-state index is 14.8. The second kappa shape index (κ2) is 10.1. The summed E-state index contributed by atoms with van der Waals surface area (Å²) in [4.78, 5) is 41.8. The van der Waals surface area contributed by atoms with Crippen molar-refractivity contribution in [2.75, 3.05) is 57.6 Å². The number of aromatic amines is 1. The number of carbonyl (C=O) groups is 1. The minimum Gasteiger partial charge on any atom is -0.477 e. The molecule has 4 aromatic heterocycles. The van der Waals surface area contributed by atoms with Gasteiger partial charge in [0.05, 0.1) is 40.4 Å². The van der Waals surface area contributed by atoms with E-state index in [2.05, 4.69) is 25.1 Å². The monoisotopic (exact) mass is 559 g/mol. The number of carboxylic acid groups (broad SMARTS) is 1. The molecule has 0 aliphatic carbocycles. The van der Waals surface area contributed by atoms with Crippen LogP contribution in [0.5, 0.6) is 0 Å². The molecule has 1 fully saturated rings. The number of carboxylic acids is 1. The minimum atomic E-state index is -1.30. The van der Waals surface area contributed by atoms with Gasteiger partial charge in [-0.25, -0.2) is 19.2 Å². The normalized spacial score (nSPS) is 15.9. The first-order valence-electron chi connectivity index (χ1n) is 13.2. The summed E-state index contributed by atoms with van der Waals surface area (Å²) in [6.45, 7) is 2.39. The summed E-state index contributed by atoms with van der Waals surface area (Å²) in [5, 5.41) is 14.2. The highest BCUT2D eigenvalue weighted by Crippen LogP contribution is 2.42. The van der Waals surface area contributed by atoms with Gasteiger partial charge in [-0.05, 0) is 32.3 Å². The Kier molecular flexibility index (Phi) is 6.59. The topological polar surface area (TPSA) is 129 Å². The average molecular weight is 560 g/mol. The van der Waals surface area contributed by atoms with Crippen molar-refractivity contribution in [2.45, 2.75) is 6.10 Å². The van der Waals surface area contributed by atoms with Gasteiger partial charge in [-0.2, -0.15) is 0 Å². The van der Waals surface area contributed by atoms with Crippen LogP contribution in [-0.4, -0.2) is 89.0 Å². The van der Waals surface area contributed by atoms with Crippen LogP contribution in [-0.2, 0) is 11.8 Å². The lowest BCUT2D eigenvalue weighted by atomic mass is 10.0. The van der Waals surface area contributed by atoms with Crippen molar-refractivity contribution in [3.8, 4) is 11.1 Å². The Hall–Kier alpha value is -4.55. The number of nitrogens with zero attached hydrogens (tertiary/aromatic N) is 5. The molecule has 11 nitrogen and oxygen atoms in total. The van der Waals surface area contributed by atoms with Gasteiger partial charge in [0.2, 0.25) is 5.43 Å². The van der Waals surface area contributed by atoms with E-state index in [0.717, 1.165) is 23.1 Å². The lowest BCUT2D eigenvalue weighted by molar-refractivity contribution is 0.0249. The predicted octanol–water partition coefficient (Wildman–Crippen LogP) is 3.28. The van der Waals surface area contributed by atoms with Crippen molar-refractivity contribution < 1.29 is 19.0 Å². The third-order valence-electron chi connectivity index (χ3n) is 7.51. The number of likely N-dealkylation sites (N-methyl/N-ethyl adjacent to an activating group) is 1. The predicted molar refractivity (Wildman–Crippen MR) is 157 cm³/mol. The molecule has 1 saturated heterocycles. The Morgan fingerprint density at radius 1 is 1.24 bits per heavy atom. The van der Waals surface area contributed by atoms with E-state index in [9.17, 15) is 19.1 Å². The number of benzene rings is 1. The third kappa shape index (κ3) is 4.54. The highest BCUT2D eigenvalue weighted by atomic mass is 19.1. The van der Waals surface area contributed by atoms with E-state index in [-0.39, 0.29) is 22.9 Å². The molecular formula is C29H30FN7O4. The first-order chi connectivity index (χ1) is 19.7. The Labute approximate surface area is 234 Å². The summed E-state index contributed by atoms with van der Waals surface area (Å²) < 4.78 is 22.4. The van der Waals surface area contributed by atoms with Crippen molar-refractivity contribution in [3.05, 3.63) is 58.4 Å². The zero-order chi connectivity index (χ0) is 29.0. The maximum atomic E-state index is 14.8. The van der Waals surface area contributed by atoms with Crippen molar-refractivity contribution in [1.29, 1.82) is 0 Å². The third-order valence-corrected chi connectivity index (χ3v) is 7.51. The number of morpholine rings is 1. The first kappa shape index (κ1) is 26.7. The molecule has 212 valence electrons. The maximum Gasteiger partial charge on any atom is 0.341 e. The Morgan fingerprint density at radius 2 is 2.05 bits per heavy atom. The van der Waals surface area contributed by atoms with E-state index in [1.807, 2.05) is 14.1 Å². The number of aryl methyl sites for hydroxylation is 1. The number of ether oxygens (including phenoxy) is 1. The molecular weight excluding hydrogens is 529 g/mol. The standard InChI is InChI=1S/C29H30FN7O4/c1-31-22-9-16(30)8-18-23-25(37-5-6-41-17(13-37)12-35(2)3)20(11-32-27(23)34-24(18)22)15-7-19-26(38)21(29(39)40)14-36(4)28(19)33-10-15/h7-11,14,17,31H,5-6,12-13H2,1-4H3,(H,32,34)(H,39,40). The van der Waals surface area contributed by atoms with Gasteiger partial charge in [-0.3, -0.25) is 4.79 Å². The van der Waals surface area contributed by atoms with Crippen LogP contribution in [0, 0.1) is 5.82 Å². The SMILES string of the molecule is CNc1cc(F)cc2c1[nH]c1ncc(-c3cnc4c(c3)c(=O)c(C(=O)O)cn4C)c(N3CCOC(CN(C)C)C3)c12. The van der Waals surface area contributed by atoms with Crippen LogP contribution in [0.25, 0.3) is 44.1 Å². The summed E-state index contributed by atoms with van der Waals surface area (Å²) in [5.74, 6) is -1.69. The number of aromatic nitrogens is 4. The molecule has 0 bridgehead atoms. The Bertz CT molecular complexity index is 1900. The molecule has 5 aromatic rings. The van der Waals surface area contributed by atoms with Crippen LogP contribution in [0.4, 0.5) is 15.8 Å². The Balaban J connectivity index is 1.65. The van der Waals surface area contributed by atoms with Crippen molar-refractivity contribution in [2.24, 2.45) is 7.05 Å². The molecule has 1 aliphatic heterocycles. The second-order valence-corrected chi connectivity index (χ2v) is 10.6. The summed E-state index contributed by atoms with van der Waals surface area (Å²) in [7, 11) is 7.37. The quantitative estimate of drug-likeness (QED) is 0.287. The fourth-order valence-corrected chi connectivity index (χ4v) is 5.75. The fourth-order valence-electron chi connectivity index (χ4n) is 5.75. The van der Waals surface area contributed by atoms with Crippen LogP contribution >= 0.6 is 0 Å². The molecule has 1 aromatic carbocycles. The summed E-state index contributed by atoms with van der Waals surface area (Å²) in [6.07, 6.45) is 4.58. The number of rotatable bonds is 6. The number of pyridine rings is 3. The lowest BCUT2D eigenvalue weighted by Crippen LogP contribution is -2.46. The van der Waals surface area contributed by atoms with E-state index in [4.69, 9.17) is 9.72 Å². The van der Waals surface area contributed by atoms with Gasteiger partial charge in [0.25, 0.3) is 0 Å². The molecule has 3 N–H and O–H groups in total. The van der Waals surface area contributed by atoms with Crippen LogP contribution in [0.1, 0.15) is 10.4 Å². The van der Waals surface area contributed by atoms with Crippen LogP contribution in [0.2, 0.25) is 0 Å². The van der Waals surface area contributed by atoms with Crippen LogP contribution < -0.4 is 15.6 Å². The average Bonchev–Trinajstić information content (AvgIpc) is 3.32. The molecule has 1 atom stereocenters. The van der Waals surface area contributed by atoms with Gasteiger partial charge in [0.1, 0.15) is 22.7 Å². The highest BCUT2D eigenvalue weighted by molar-refractivity contribution is 6.17. The molecule has 1 aliphatic rings. The second-order valence-electron chi connectivity index (χ2n) is 10.6. The lowest BCUT2D eigenvalue weighted by Gasteiger charge is -2.37. The van der Waals surface area contributed by atoms with E-state index >= 15 is 0 Å². The van der Waals surface area contributed by atoms with Crippen molar-refractivity contribution in [3.63, 3.8) is 0 Å². The highest BCUT2D eigenvalue weighted by Gasteiger charge is 2.28. The number of hydrogen-bond donors (Lipinski definition) is 3. The Morgan fingerprint density at radius 3 is 2.78 bits per heavy atom. The van der Waals surface area contributed by atoms with E-state index in [0.29, 0.717) is 53.2 Å². The van der Waals surface area contributed by atoms with Gasteiger partial charge >= 0.3 is 5.97 Å². The molecule has 5 heterocycles. The number of anilines is 2.